The van der Waals surface area contributed by atoms with E-state index in [2.05, 4.69) is 67.5 Å². The molecule has 2 aromatic carbocycles. The van der Waals surface area contributed by atoms with Gasteiger partial charge in [-0.15, -0.1) is 6.58 Å². The normalized spacial score (nSPS) is 12.6. The Morgan fingerprint density at radius 3 is 2.45 bits per heavy atom. The predicted octanol–water partition coefficient (Wildman–Crippen LogP) is 8.65. The summed E-state index contributed by atoms with van der Waals surface area (Å²) >= 11 is 6.42. The first-order valence-corrected chi connectivity index (χ1v) is 10.5. The van der Waals surface area contributed by atoms with Crippen LogP contribution in [0.1, 0.15) is 45.6 Å². The molecule has 0 unspecified atom stereocenters. The number of hydrogen-bond acceptors (Lipinski definition) is 2. The van der Waals surface area contributed by atoms with E-state index >= 15 is 0 Å². The van der Waals surface area contributed by atoms with Crippen molar-refractivity contribution in [3.8, 4) is 0 Å². The van der Waals surface area contributed by atoms with Crippen molar-refractivity contribution in [2.45, 2.75) is 40.0 Å². The quantitative estimate of drug-likeness (QED) is 0.234. The third kappa shape index (κ3) is 6.99. The molecule has 0 bridgehead atoms. The van der Waals surface area contributed by atoms with Crippen molar-refractivity contribution in [3.63, 3.8) is 0 Å². The maximum atomic E-state index is 6.42. The molecule has 2 aromatic rings. The molecule has 0 aromatic heterocycles. The summed E-state index contributed by atoms with van der Waals surface area (Å²) in [5.74, 6) is 0. The summed E-state index contributed by atoms with van der Waals surface area (Å²) in [4.78, 5) is 0. The lowest BCUT2D eigenvalue weighted by Gasteiger charge is -2.17. The standard InChI is InChI=1S/C26H31ClN2/c1-5-8-10-14-20(4)23-18-17-22(29-25(7-3)24(27)13-6-2)19-26(23)28-21-15-11-9-12-16-21/h5,7,9,11-19,28-29H,1,6,8,10H2,2-4H3/b20-14+,24-13+,25-7+. The first kappa shape index (κ1) is 22.6. The number of hydrogen-bond donors (Lipinski definition) is 2. The van der Waals surface area contributed by atoms with Crippen LogP contribution in [0.4, 0.5) is 17.1 Å². The van der Waals surface area contributed by atoms with E-state index in [0.29, 0.717) is 0 Å². The Morgan fingerprint density at radius 1 is 1.03 bits per heavy atom. The van der Waals surface area contributed by atoms with E-state index in [1.165, 1.54) is 11.1 Å². The van der Waals surface area contributed by atoms with Crippen LogP contribution >= 0.6 is 11.6 Å². The van der Waals surface area contributed by atoms with E-state index in [-0.39, 0.29) is 0 Å². The molecule has 0 amide bonds. The van der Waals surface area contributed by atoms with Gasteiger partial charge in [-0.05, 0) is 62.9 Å². The van der Waals surface area contributed by atoms with Gasteiger partial charge in [-0.1, -0.05) is 67.1 Å². The van der Waals surface area contributed by atoms with E-state index in [0.717, 1.165) is 47.1 Å². The van der Waals surface area contributed by atoms with E-state index in [9.17, 15) is 0 Å². The third-order valence-corrected chi connectivity index (χ3v) is 4.88. The van der Waals surface area contributed by atoms with E-state index in [4.69, 9.17) is 11.6 Å². The van der Waals surface area contributed by atoms with Gasteiger partial charge in [-0.2, -0.15) is 0 Å². The minimum atomic E-state index is 0.733. The molecule has 0 spiro atoms. The molecule has 0 saturated carbocycles. The van der Waals surface area contributed by atoms with E-state index < -0.39 is 0 Å². The van der Waals surface area contributed by atoms with Gasteiger partial charge in [0.2, 0.25) is 0 Å². The van der Waals surface area contributed by atoms with Crippen molar-refractivity contribution in [2.75, 3.05) is 10.6 Å². The molecule has 0 fully saturated rings. The Labute approximate surface area is 180 Å². The van der Waals surface area contributed by atoms with Crippen LogP contribution in [0, 0.1) is 0 Å². The summed E-state index contributed by atoms with van der Waals surface area (Å²) in [6.07, 6.45) is 11.1. The van der Waals surface area contributed by atoms with Crippen molar-refractivity contribution >= 4 is 34.2 Å². The summed E-state index contributed by atoms with van der Waals surface area (Å²) < 4.78 is 0. The van der Waals surface area contributed by atoms with Gasteiger partial charge in [0.1, 0.15) is 0 Å². The Morgan fingerprint density at radius 2 is 1.79 bits per heavy atom. The van der Waals surface area contributed by atoms with Crippen molar-refractivity contribution in [3.05, 3.63) is 95.7 Å². The lowest BCUT2D eigenvalue weighted by molar-refractivity contribution is 1.06. The van der Waals surface area contributed by atoms with Crippen molar-refractivity contribution in [1.82, 2.24) is 0 Å². The number of para-hydroxylation sites is 1. The first-order valence-electron chi connectivity index (χ1n) is 10.1. The van der Waals surface area contributed by atoms with Crippen molar-refractivity contribution in [2.24, 2.45) is 0 Å². The number of allylic oxidation sites excluding steroid dienone is 6. The number of anilines is 3. The molecule has 0 radical (unpaired) electrons. The van der Waals surface area contributed by atoms with Crippen LogP contribution in [0.15, 0.2) is 90.1 Å². The zero-order valence-electron chi connectivity index (χ0n) is 17.6. The number of rotatable bonds is 10. The molecule has 3 heteroatoms. The van der Waals surface area contributed by atoms with Gasteiger partial charge >= 0.3 is 0 Å². The van der Waals surface area contributed by atoms with Crippen LogP contribution in [-0.2, 0) is 0 Å². The predicted molar refractivity (Wildman–Crippen MR) is 131 cm³/mol. The Hall–Kier alpha value is -2.71. The average molecular weight is 407 g/mol. The maximum Gasteiger partial charge on any atom is 0.0597 e. The van der Waals surface area contributed by atoms with Gasteiger partial charge < -0.3 is 10.6 Å². The second kappa shape index (κ2) is 12.0. The lowest BCUT2D eigenvalue weighted by atomic mass is 10.0. The number of halogens is 1. The lowest BCUT2D eigenvalue weighted by Crippen LogP contribution is -2.02. The molecular weight excluding hydrogens is 376 g/mol. The SMILES string of the molecule is C=CCC/C=C(\C)c1ccc(NC(=C/C)/C(Cl)=C\CC)cc1Nc1ccccc1. The largest absolute Gasteiger partial charge is 0.355 e. The number of nitrogens with one attached hydrogen (secondary N) is 2. The fourth-order valence-corrected chi connectivity index (χ4v) is 3.30. The number of unbranched alkanes of at least 4 members (excludes halogenated alkanes) is 1. The second-order valence-corrected chi connectivity index (χ2v) is 7.20. The molecule has 0 aliphatic heterocycles. The molecule has 0 heterocycles. The summed E-state index contributed by atoms with van der Waals surface area (Å²) in [6, 6.07) is 16.6. The minimum Gasteiger partial charge on any atom is -0.355 e. The molecule has 2 nitrogen and oxygen atoms in total. The van der Waals surface area contributed by atoms with E-state index in [1.54, 1.807) is 0 Å². The minimum absolute atomic E-state index is 0.733. The first-order chi connectivity index (χ1) is 14.1. The molecule has 0 aliphatic carbocycles. The van der Waals surface area contributed by atoms with Gasteiger partial charge in [0.15, 0.2) is 0 Å². The Balaban J connectivity index is 2.38. The highest BCUT2D eigenvalue weighted by Gasteiger charge is 2.09. The third-order valence-electron chi connectivity index (χ3n) is 4.53. The van der Waals surface area contributed by atoms with Gasteiger partial charge in [0, 0.05) is 22.6 Å². The summed E-state index contributed by atoms with van der Waals surface area (Å²) in [5, 5.41) is 7.74. The van der Waals surface area contributed by atoms with Crippen LogP contribution < -0.4 is 10.6 Å². The summed E-state index contributed by atoms with van der Waals surface area (Å²) in [6.45, 7) is 10.0. The molecule has 0 saturated heterocycles. The van der Waals surface area contributed by atoms with Crippen molar-refractivity contribution in [1.29, 1.82) is 0 Å². The Kier molecular flexibility index (Phi) is 9.33. The smallest absolute Gasteiger partial charge is 0.0597 e. The van der Waals surface area contributed by atoms with Gasteiger partial charge in [0.05, 0.1) is 10.7 Å². The van der Waals surface area contributed by atoms with Gasteiger partial charge in [-0.25, -0.2) is 0 Å². The van der Waals surface area contributed by atoms with Crippen LogP contribution in [0.2, 0.25) is 0 Å². The summed E-state index contributed by atoms with van der Waals surface area (Å²) in [5.41, 5.74) is 6.43. The zero-order valence-corrected chi connectivity index (χ0v) is 18.4. The molecule has 152 valence electrons. The molecule has 2 N–H and O–H groups in total. The highest BCUT2D eigenvalue weighted by molar-refractivity contribution is 6.32. The topological polar surface area (TPSA) is 24.1 Å². The molecule has 0 aliphatic rings. The van der Waals surface area contributed by atoms with Crippen LogP contribution in [-0.4, -0.2) is 0 Å². The second-order valence-electron chi connectivity index (χ2n) is 6.79. The molecule has 2 rings (SSSR count). The van der Waals surface area contributed by atoms with Crippen molar-refractivity contribution < 1.29 is 0 Å². The fourth-order valence-electron chi connectivity index (χ4n) is 2.99. The summed E-state index contributed by atoms with van der Waals surface area (Å²) in [7, 11) is 0. The fraction of sp³-hybridized carbons (Fsp3) is 0.231. The van der Waals surface area contributed by atoms with Crippen LogP contribution in [0.3, 0.4) is 0 Å². The molecule has 0 atom stereocenters. The van der Waals surface area contributed by atoms with Crippen LogP contribution in [0.5, 0.6) is 0 Å². The maximum absolute atomic E-state index is 6.42. The molecule has 29 heavy (non-hydrogen) atoms. The Bertz CT molecular complexity index is 892. The highest BCUT2D eigenvalue weighted by Crippen LogP contribution is 2.31. The van der Waals surface area contributed by atoms with Gasteiger partial charge in [-0.3, -0.25) is 0 Å². The molecular formula is C26H31ClN2. The number of benzene rings is 2. The monoisotopic (exact) mass is 406 g/mol. The van der Waals surface area contributed by atoms with E-state index in [1.807, 2.05) is 43.4 Å². The van der Waals surface area contributed by atoms with Gasteiger partial charge in [0.25, 0.3) is 0 Å². The average Bonchev–Trinajstić information content (AvgIpc) is 2.73. The van der Waals surface area contributed by atoms with Crippen LogP contribution in [0.25, 0.3) is 5.57 Å². The highest BCUT2D eigenvalue weighted by atomic mass is 35.5. The zero-order chi connectivity index (χ0) is 21.1.